The van der Waals surface area contributed by atoms with Gasteiger partial charge >= 0.3 is 5.97 Å². The van der Waals surface area contributed by atoms with Crippen LogP contribution in [0.15, 0.2) is 0 Å². The summed E-state index contributed by atoms with van der Waals surface area (Å²) in [5, 5.41) is 17.1. The second-order valence-corrected chi connectivity index (χ2v) is 3.74. The van der Waals surface area contributed by atoms with Crippen LogP contribution >= 0.6 is 0 Å². The molecule has 0 spiro atoms. The molecule has 1 heterocycles. The quantitative estimate of drug-likeness (QED) is 0.741. The van der Waals surface area contributed by atoms with Crippen LogP contribution in [0.1, 0.15) is 36.1 Å². The average Bonchev–Trinajstić information content (AvgIpc) is 2.71. The van der Waals surface area contributed by atoms with Gasteiger partial charge in [-0.25, -0.2) is 9.48 Å². The van der Waals surface area contributed by atoms with E-state index in [1.54, 1.807) is 13.8 Å². The van der Waals surface area contributed by atoms with Gasteiger partial charge in [0.25, 0.3) is 0 Å². The highest BCUT2D eigenvalue weighted by Crippen LogP contribution is 2.16. The first-order valence-electron chi connectivity index (χ1n) is 5.22. The molecule has 0 aliphatic carbocycles. The van der Waals surface area contributed by atoms with Crippen molar-refractivity contribution in [3.8, 4) is 0 Å². The van der Waals surface area contributed by atoms with Crippen molar-refractivity contribution < 1.29 is 19.4 Å². The lowest BCUT2D eigenvalue weighted by Gasteiger charge is -2.17. The fourth-order valence-electron chi connectivity index (χ4n) is 1.37. The molecule has 0 aliphatic rings. The zero-order chi connectivity index (χ0) is 13.0. The molecular formula is C10H17N3O4. The minimum atomic E-state index is -0.613. The van der Waals surface area contributed by atoms with Gasteiger partial charge in [0.15, 0.2) is 5.69 Å². The molecule has 0 fully saturated rings. The van der Waals surface area contributed by atoms with Crippen LogP contribution < -0.4 is 0 Å². The molecular weight excluding hydrogens is 226 g/mol. The SMILES string of the molecule is COCc1c(C(=O)OC)nnn1C(C)C(C)O. The van der Waals surface area contributed by atoms with E-state index in [2.05, 4.69) is 15.0 Å². The van der Waals surface area contributed by atoms with E-state index in [9.17, 15) is 9.90 Å². The third-order valence-corrected chi connectivity index (χ3v) is 2.53. The van der Waals surface area contributed by atoms with Crippen molar-refractivity contribution >= 4 is 5.97 Å². The van der Waals surface area contributed by atoms with Gasteiger partial charge in [0, 0.05) is 7.11 Å². The van der Waals surface area contributed by atoms with Gasteiger partial charge < -0.3 is 14.6 Å². The Morgan fingerprint density at radius 1 is 1.47 bits per heavy atom. The molecule has 2 unspecified atom stereocenters. The number of methoxy groups -OCH3 is 2. The van der Waals surface area contributed by atoms with Crippen molar-refractivity contribution in [1.82, 2.24) is 15.0 Å². The number of rotatable bonds is 5. The molecule has 7 nitrogen and oxygen atoms in total. The van der Waals surface area contributed by atoms with Gasteiger partial charge in [0.2, 0.25) is 0 Å². The number of carbonyl (C=O) groups excluding carboxylic acids is 1. The van der Waals surface area contributed by atoms with Crippen LogP contribution in [-0.4, -0.2) is 46.4 Å². The van der Waals surface area contributed by atoms with Crippen LogP contribution in [0.5, 0.6) is 0 Å². The first-order chi connectivity index (χ1) is 8.02. The fraction of sp³-hybridized carbons (Fsp3) is 0.700. The van der Waals surface area contributed by atoms with E-state index in [0.29, 0.717) is 5.69 Å². The number of ether oxygens (including phenoxy) is 2. The fourth-order valence-corrected chi connectivity index (χ4v) is 1.37. The van der Waals surface area contributed by atoms with E-state index in [4.69, 9.17) is 4.74 Å². The number of hydrogen-bond acceptors (Lipinski definition) is 6. The van der Waals surface area contributed by atoms with E-state index in [1.165, 1.54) is 18.9 Å². The summed E-state index contributed by atoms with van der Waals surface area (Å²) in [7, 11) is 2.78. The van der Waals surface area contributed by atoms with Gasteiger partial charge in [0.1, 0.15) is 0 Å². The minimum absolute atomic E-state index is 0.113. The summed E-state index contributed by atoms with van der Waals surface area (Å²) < 4.78 is 11.1. The molecule has 7 heteroatoms. The number of esters is 1. The first kappa shape index (κ1) is 13.6. The molecule has 0 saturated heterocycles. The average molecular weight is 243 g/mol. The maximum Gasteiger partial charge on any atom is 0.360 e. The topological polar surface area (TPSA) is 86.5 Å². The lowest BCUT2D eigenvalue weighted by molar-refractivity contribution is 0.0587. The number of carbonyl (C=O) groups is 1. The highest BCUT2D eigenvalue weighted by molar-refractivity contribution is 5.88. The Kier molecular flexibility index (Phi) is 4.59. The van der Waals surface area contributed by atoms with Crippen molar-refractivity contribution in [1.29, 1.82) is 0 Å². The van der Waals surface area contributed by atoms with Crippen LogP contribution in [0, 0.1) is 0 Å². The lowest BCUT2D eigenvalue weighted by Crippen LogP contribution is -2.22. The van der Waals surface area contributed by atoms with Gasteiger partial charge in [-0.1, -0.05) is 5.21 Å². The summed E-state index contributed by atoms with van der Waals surface area (Å²) in [5.41, 5.74) is 0.606. The van der Waals surface area contributed by atoms with Crippen molar-refractivity contribution in [2.24, 2.45) is 0 Å². The summed E-state index contributed by atoms with van der Waals surface area (Å²) in [4.78, 5) is 11.5. The van der Waals surface area contributed by atoms with Crippen molar-refractivity contribution in [3.63, 3.8) is 0 Å². The summed E-state index contributed by atoms with van der Waals surface area (Å²) in [6, 6.07) is -0.300. The third kappa shape index (κ3) is 2.80. The van der Waals surface area contributed by atoms with E-state index in [-0.39, 0.29) is 18.3 Å². The molecule has 0 aliphatic heterocycles. The maximum atomic E-state index is 11.5. The predicted octanol–water partition coefficient (Wildman–Crippen LogP) is 0.153. The largest absolute Gasteiger partial charge is 0.464 e. The molecule has 1 rings (SSSR count). The Hall–Kier alpha value is -1.47. The van der Waals surface area contributed by atoms with Crippen LogP contribution in [0.4, 0.5) is 0 Å². The van der Waals surface area contributed by atoms with E-state index in [1.807, 2.05) is 0 Å². The number of nitrogens with zero attached hydrogens (tertiary/aromatic N) is 3. The highest BCUT2D eigenvalue weighted by Gasteiger charge is 2.24. The Morgan fingerprint density at radius 2 is 2.12 bits per heavy atom. The van der Waals surface area contributed by atoms with Gasteiger partial charge in [-0.3, -0.25) is 0 Å². The molecule has 0 bridgehead atoms. The van der Waals surface area contributed by atoms with Crippen molar-refractivity contribution in [2.45, 2.75) is 32.6 Å². The standard InChI is InChI=1S/C10H17N3O4/c1-6(7(2)14)13-8(5-16-3)9(11-12-13)10(15)17-4/h6-7,14H,5H2,1-4H3. The van der Waals surface area contributed by atoms with Gasteiger partial charge in [-0.15, -0.1) is 5.10 Å². The molecule has 0 saturated carbocycles. The summed E-state index contributed by atoms with van der Waals surface area (Å²) in [6.07, 6.45) is -0.613. The van der Waals surface area contributed by atoms with E-state index >= 15 is 0 Å². The normalized spacial score (nSPS) is 14.4. The molecule has 96 valence electrons. The maximum absolute atomic E-state index is 11.5. The Bertz CT molecular complexity index is 389. The highest BCUT2D eigenvalue weighted by atomic mass is 16.5. The Morgan fingerprint density at radius 3 is 2.59 bits per heavy atom. The first-order valence-corrected chi connectivity index (χ1v) is 5.22. The second-order valence-electron chi connectivity index (χ2n) is 3.74. The number of aromatic nitrogens is 3. The Labute approximate surface area is 99.3 Å². The lowest BCUT2D eigenvalue weighted by atomic mass is 10.2. The summed E-state index contributed by atoms with van der Waals surface area (Å²) in [6.45, 7) is 3.59. The van der Waals surface area contributed by atoms with E-state index < -0.39 is 12.1 Å². The monoisotopic (exact) mass is 243 g/mol. The molecule has 2 atom stereocenters. The Balaban J connectivity index is 3.14. The number of hydrogen-bond donors (Lipinski definition) is 1. The molecule has 1 aromatic heterocycles. The van der Waals surface area contributed by atoms with Gasteiger partial charge in [-0.05, 0) is 13.8 Å². The molecule has 1 aromatic rings. The molecule has 17 heavy (non-hydrogen) atoms. The van der Waals surface area contributed by atoms with Gasteiger partial charge in [-0.2, -0.15) is 0 Å². The number of aliphatic hydroxyl groups excluding tert-OH is 1. The zero-order valence-corrected chi connectivity index (χ0v) is 10.4. The smallest absolute Gasteiger partial charge is 0.360 e. The van der Waals surface area contributed by atoms with Crippen LogP contribution in [0.2, 0.25) is 0 Å². The minimum Gasteiger partial charge on any atom is -0.464 e. The number of aliphatic hydroxyl groups is 1. The molecule has 0 aromatic carbocycles. The van der Waals surface area contributed by atoms with Crippen molar-refractivity contribution in [2.75, 3.05) is 14.2 Å². The van der Waals surface area contributed by atoms with E-state index in [0.717, 1.165) is 0 Å². The summed E-state index contributed by atoms with van der Waals surface area (Å²) in [5.74, 6) is -0.568. The predicted molar refractivity (Wildman–Crippen MR) is 58.5 cm³/mol. The molecule has 1 N–H and O–H groups in total. The summed E-state index contributed by atoms with van der Waals surface area (Å²) >= 11 is 0. The molecule has 0 radical (unpaired) electrons. The zero-order valence-electron chi connectivity index (χ0n) is 10.4. The second kappa shape index (κ2) is 5.74. The molecule has 0 amide bonds. The third-order valence-electron chi connectivity index (χ3n) is 2.53. The van der Waals surface area contributed by atoms with Gasteiger partial charge in [0.05, 0.1) is 31.6 Å². The van der Waals surface area contributed by atoms with Crippen LogP contribution in [-0.2, 0) is 16.1 Å². The van der Waals surface area contributed by atoms with Crippen molar-refractivity contribution in [3.05, 3.63) is 11.4 Å². The van der Waals surface area contributed by atoms with Crippen LogP contribution in [0.25, 0.3) is 0 Å². The van der Waals surface area contributed by atoms with Crippen LogP contribution in [0.3, 0.4) is 0 Å².